The number of benzene rings is 3. The van der Waals surface area contributed by atoms with Gasteiger partial charge in [0.25, 0.3) is 11.4 Å². The molecule has 0 heterocycles. The third-order valence-corrected chi connectivity index (χ3v) is 4.46. The van der Waals surface area contributed by atoms with Gasteiger partial charge in [-0.2, -0.15) is 5.26 Å². The van der Waals surface area contributed by atoms with Gasteiger partial charge < -0.3 is 9.47 Å². The van der Waals surface area contributed by atoms with Gasteiger partial charge in [-0.05, 0) is 35.9 Å². The number of non-ortho nitro benzene ring substituents is 2. The Morgan fingerprint density at radius 2 is 1.64 bits per heavy atom. The van der Waals surface area contributed by atoms with Crippen molar-refractivity contribution < 1.29 is 24.1 Å². The van der Waals surface area contributed by atoms with Crippen LogP contribution in [0.2, 0.25) is 0 Å². The molecule has 10 heteroatoms. The molecule has 0 spiro atoms. The van der Waals surface area contributed by atoms with Crippen LogP contribution in [0.15, 0.2) is 66.7 Å². The second-order valence-corrected chi connectivity index (χ2v) is 6.58. The monoisotopic (exact) mass is 445 g/mol. The predicted molar refractivity (Wildman–Crippen MR) is 118 cm³/mol. The fourth-order valence-corrected chi connectivity index (χ4v) is 2.96. The van der Waals surface area contributed by atoms with Crippen LogP contribution in [0.4, 0.5) is 11.4 Å². The summed E-state index contributed by atoms with van der Waals surface area (Å²) in [4.78, 5) is 32.9. The molecule has 0 radical (unpaired) electrons. The molecular formula is C23H15N3O7. The van der Waals surface area contributed by atoms with E-state index >= 15 is 0 Å². The number of nitriles is 1. The predicted octanol–water partition coefficient (Wildman–Crippen LogP) is 4.79. The van der Waals surface area contributed by atoms with E-state index in [1.807, 2.05) is 0 Å². The Morgan fingerprint density at radius 1 is 0.970 bits per heavy atom. The van der Waals surface area contributed by atoms with Gasteiger partial charge in [0, 0.05) is 17.7 Å². The molecule has 3 aromatic carbocycles. The van der Waals surface area contributed by atoms with Gasteiger partial charge in [0.2, 0.25) is 0 Å². The van der Waals surface area contributed by atoms with E-state index < -0.39 is 27.2 Å². The molecule has 3 aromatic rings. The number of para-hydroxylation sites is 1. The highest BCUT2D eigenvalue weighted by Crippen LogP contribution is 2.28. The minimum absolute atomic E-state index is 0.0835. The molecule has 10 nitrogen and oxygen atoms in total. The third-order valence-electron chi connectivity index (χ3n) is 4.46. The van der Waals surface area contributed by atoms with Crippen LogP contribution in [0.5, 0.6) is 11.5 Å². The molecule has 0 aromatic heterocycles. The van der Waals surface area contributed by atoms with Gasteiger partial charge in [0.05, 0.1) is 40.2 Å². The zero-order valence-corrected chi connectivity index (χ0v) is 17.1. The first-order valence-electron chi connectivity index (χ1n) is 9.33. The Labute approximate surface area is 187 Å². The van der Waals surface area contributed by atoms with Crippen LogP contribution in [0, 0.1) is 31.6 Å². The van der Waals surface area contributed by atoms with Crippen molar-refractivity contribution >= 4 is 29.0 Å². The van der Waals surface area contributed by atoms with E-state index in [2.05, 4.69) is 6.07 Å². The first kappa shape index (κ1) is 22.6. The molecule has 0 atom stereocenters. The summed E-state index contributed by atoms with van der Waals surface area (Å²) < 4.78 is 10.5. The number of nitrogens with zero attached hydrogens (tertiary/aromatic N) is 3. The summed E-state index contributed by atoms with van der Waals surface area (Å²) in [6.07, 6.45) is 1.58. The number of carbonyl (C=O) groups is 1. The molecular weight excluding hydrogens is 430 g/mol. The van der Waals surface area contributed by atoms with Crippen molar-refractivity contribution in [1.82, 2.24) is 0 Å². The Hall–Kier alpha value is -5.04. The fourth-order valence-electron chi connectivity index (χ4n) is 2.96. The molecule has 0 saturated heterocycles. The van der Waals surface area contributed by atoms with Crippen LogP contribution in [-0.4, -0.2) is 22.9 Å². The summed E-state index contributed by atoms with van der Waals surface area (Å²) in [5, 5.41) is 31.7. The maximum atomic E-state index is 12.5. The molecule has 3 rings (SSSR count). The number of esters is 1. The van der Waals surface area contributed by atoms with Crippen molar-refractivity contribution in [3.63, 3.8) is 0 Å². The minimum Gasteiger partial charge on any atom is -0.496 e. The lowest BCUT2D eigenvalue weighted by molar-refractivity contribution is -0.394. The Morgan fingerprint density at radius 3 is 2.24 bits per heavy atom. The second kappa shape index (κ2) is 9.84. The van der Waals surface area contributed by atoms with Gasteiger partial charge in [0.1, 0.15) is 11.5 Å². The minimum atomic E-state index is -1.01. The summed E-state index contributed by atoms with van der Waals surface area (Å²) >= 11 is 0. The third kappa shape index (κ3) is 5.36. The lowest BCUT2D eigenvalue weighted by atomic mass is 10.0. The Balaban J connectivity index is 1.91. The molecule has 164 valence electrons. The summed E-state index contributed by atoms with van der Waals surface area (Å²) in [6, 6.07) is 17.9. The van der Waals surface area contributed by atoms with E-state index in [0.717, 1.165) is 18.2 Å². The smallest absolute Gasteiger partial charge is 0.344 e. The first-order valence-corrected chi connectivity index (χ1v) is 9.33. The molecule has 0 amide bonds. The fraction of sp³-hybridized carbons (Fsp3) is 0.0435. The number of allylic oxidation sites excluding steroid dienone is 1. The number of hydrogen-bond donors (Lipinski definition) is 0. The number of nitro benzene ring substituents is 2. The summed E-state index contributed by atoms with van der Waals surface area (Å²) in [7, 11) is 1.49. The summed E-state index contributed by atoms with van der Waals surface area (Å²) in [5.41, 5.74) is -0.137. The summed E-state index contributed by atoms with van der Waals surface area (Å²) in [5.74, 6) is -0.409. The SMILES string of the molecule is COc1ccccc1/C(C#N)=C\c1cccc(OC(=O)c2cc([N+](=O)[O-])cc([N+](=O)[O-])c2)c1. The van der Waals surface area contributed by atoms with E-state index in [1.54, 1.807) is 42.5 Å². The number of carbonyl (C=O) groups excluding carboxylic acids is 1. The van der Waals surface area contributed by atoms with Crippen molar-refractivity contribution in [2.75, 3.05) is 7.11 Å². The number of rotatable bonds is 7. The van der Waals surface area contributed by atoms with E-state index in [0.29, 0.717) is 22.4 Å². The molecule has 0 saturated carbocycles. The number of hydrogen-bond acceptors (Lipinski definition) is 8. The lowest BCUT2D eigenvalue weighted by Gasteiger charge is -2.08. The average Bonchev–Trinajstić information content (AvgIpc) is 2.82. The normalized spacial score (nSPS) is 10.7. The van der Waals surface area contributed by atoms with Crippen molar-refractivity contribution in [1.29, 1.82) is 5.26 Å². The molecule has 0 unspecified atom stereocenters. The topological polar surface area (TPSA) is 146 Å². The van der Waals surface area contributed by atoms with E-state index in [-0.39, 0.29) is 11.3 Å². The molecule has 0 aliphatic rings. The molecule has 0 bridgehead atoms. The van der Waals surface area contributed by atoms with Gasteiger partial charge in [-0.15, -0.1) is 0 Å². The van der Waals surface area contributed by atoms with Gasteiger partial charge in [-0.1, -0.05) is 24.3 Å². The molecule has 0 N–H and O–H groups in total. The van der Waals surface area contributed by atoms with Crippen LogP contribution in [-0.2, 0) is 0 Å². The van der Waals surface area contributed by atoms with E-state index in [9.17, 15) is 30.3 Å². The summed E-state index contributed by atoms with van der Waals surface area (Å²) in [6.45, 7) is 0. The van der Waals surface area contributed by atoms with Crippen molar-refractivity contribution in [3.8, 4) is 17.6 Å². The van der Waals surface area contributed by atoms with Crippen molar-refractivity contribution in [3.05, 3.63) is 104 Å². The van der Waals surface area contributed by atoms with Gasteiger partial charge >= 0.3 is 5.97 Å². The van der Waals surface area contributed by atoms with Crippen molar-refractivity contribution in [2.24, 2.45) is 0 Å². The first-order chi connectivity index (χ1) is 15.8. The lowest BCUT2D eigenvalue weighted by Crippen LogP contribution is -2.09. The van der Waals surface area contributed by atoms with Crippen LogP contribution in [0.3, 0.4) is 0 Å². The largest absolute Gasteiger partial charge is 0.496 e. The maximum absolute atomic E-state index is 12.5. The van der Waals surface area contributed by atoms with Crippen LogP contribution in [0.1, 0.15) is 21.5 Å². The van der Waals surface area contributed by atoms with Gasteiger partial charge in [0.15, 0.2) is 0 Å². The molecule has 0 aliphatic carbocycles. The van der Waals surface area contributed by atoms with Gasteiger partial charge in [-0.25, -0.2) is 4.79 Å². The highest BCUT2D eigenvalue weighted by atomic mass is 16.6. The Bertz CT molecular complexity index is 1290. The maximum Gasteiger partial charge on any atom is 0.344 e. The quantitative estimate of drug-likeness (QED) is 0.126. The second-order valence-electron chi connectivity index (χ2n) is 6.58. The number of ether oxygens (including phenoxy) is 2. The molecule has 0 fully saturated rings. The van der Waals surface area contributed by atoms with Gasteiger partial charge in [-0.3, -0.25) is 20.2 Å². The Kier molecular flexibility index (Phi) is 6.75. The van der Waals surface area contributed by atoms with E-state index in [1.165, 1.54) is 19.2 Å². The highest BCUT2D eigenvalue weighted by molar-refractivity contribution is 5.93. The van der Waals surface area contributed by atoms with Crippen LogP contribution in [0.25, 0.3) is 11.6 Å². The number of methoxy groups -OCH3 is 1. The van der Waals surface area contributed by atoms with Crippen molar-refractivity contribution in [2.45, 2.75) is 0 Å². The molecule has 0 aliphatic heterocycles. The standard InChI is InChI=1S/C23H15N3O7/c1-32-22-8-3-2-7-21(22)17(14-24)9-15-5-4-6-20(10-15)33-23(27)16-11-18(25(28)29)13-19(12-16)26(30)31/h2-13H,1H3/b17-9-. The van der Waals surface area contributed by atoms with Crippen LogP contribution < -0.4 is 9.47 Å². The zero-order chi connectivity index (χ0) is 24.0. The number of nitro groups is 2. The highest BCUT2D eigenvalue weighted by Gasteiger charge is 2.21. The van der Waals surface area contributed by atoms with Crippen LogP contribution >= 0.6 is 0 Å². The van der Waals surface area contributed by atoms with E-state index in [4.69, 9.17) is 9.47 Å². The molecule has 33 heavy (non-hydrogen) atoms. The average molecular weight is 445 g/mol. The zero-order valence-electron chi connectivity index (χ0n) is 17.1.